The van der Waals surface area contributed by atoms with Crippen molar-refractivity contribution < 1.29 is 19.2 Å². The second-order valence-electron chi connectivity index (χ2n) is 7.79. The Morgan fingerprint density at radius 3 is 2.23 bits per heavy atom. The van der Waals surface area contributed by atoms with E-state index in [1.165, 1.54) is 12.5 Å². The van der Waals surface area contributed by atoms with Crippen molar-refractivity contribution in [2.24, 2.45) is 0 Å². The third kappa shape index (κ3) is 5.19. The Morgan fingerprint density at radius 2 is 1.73 bits per heavy atom. The van der Waals surface area contributed by atoms with E-state index in [4.69, 9.17) is 14.4 Å². The zero-order valence-corrected chi connectivity index (χ0v) is 16.5. The van der Waals surface area contributed by atoms with Crippen LogP contribution in [0.15, 0.2) is 29.7 Å². The third-order valence-electron chi connectivity index (χ3n) is 5.05. The molecule has 0 saturated carbocycles. The van der Waals surface area contributed by atoms with Gasteiger partial charge in [0.15, 0.2) is 0 Å². The average Bonchev–Trinajstić information content (AvgIpc) is 2.78. The molecule has 0 bridgehead atoms. The van der Waals surface area contributed by atoms with Crippen LogP contribution < -0.4 is 5.32 Å². The number of aliphatic hydroxyl groups is 1. The lowest BCUT2D eigenvalue weighted by molar-refractivity contribution is -0.118. The Morgan fingerprint density at radius 1 is 1.15 bits per heavy atom. The first-order valence-corrected chi connectivity index (χ1v) is 9.15. The standard InChI is InChI=1S/C20H30BNO4/c1-15(24)22-14-18(21-25-19(2,3)20(4,5)26-21)13-17-10-8-16(9-11-17)7-6-12-23/h8-11,13,23H,6-7,12,14H2,1-5H3,(H,22,24). The number of nitrogens with one attached hydrogen (secondary N) is 1. The number of hydrogen-bond acceptors (Lipinski definition) is 4. The zero-order chi connectivity index (χ0) is 19.4. The first kappa shape index (κ1) is 20.7. The van der Waals surface area contributed by atoms with E-state index in [2.05, 4.69) is 17.4 Å². The molecule has 1 fully saturated rings. The Hall–Kier alpha value is -1.63. The molecule has 1 amide bonds. The van der Waals surface area contributed by atoms with Gasteiger partial charge in [-0.15, -0.1) is 0 Å². The van der Waals surface area contributed by atoms with E-state index in [-0.39, 0.29) is 12.5 Å². The highest BCUT2D eigenvalue weighted by atomic mass is 16.7. The summed E-state index contributed by atoms with van der Waals surface area (Å²) in [5.41, 5.74) is 2.23. The molecule has 0 unspecified atom stereocenters. The average molecular weight is 359 g/mol. The smallest absolute Gasteiger partial charge is 0.400 e. The lowest BCUT2D eigenvalue weighted by Gasteiger charge is -2.32. The van der Waals surface area contributed by atoms with Gasteiger partial charge in [0.25, 0.3) is 0 Å². The second-order valence-corrected chi connectivity index (χ2v) is 7.79. The molecule has 1 heterocycles. The monoisotopic (exact) mass is 359 g/mol. The van der Waals surface area contributed by atoms with Crippen molar-refractivity contribution in [3.8, 4) is 0 Å². The van der Waals surface area contributed by atoms with E-state index < -0.39 is 18.3 Å². The number of hydrogen-bond donors (Lipinski definition) is 2. The van der Waals surface area contributed by atoms with Gasteiger partial charge in [-0.05, 0) is 57.1 Å². The number of carbonyl (C=O) groups is 1. The summed E-state index contributed by atoms with van der Waals surface area (Å²) < 4.78 is 12.3. The molecular weight excluding hydrogens is 329 g/mol. The maximum Gasteiger partial charge on any atom is 0.492 e. The fraction of sp³-hybridized carbons (Fsp3) is 0.550. The lowest BCUT2D eigenvalue weighted by atomic mass is 9.77. The SMILES string of the molecule is CC(=O)NCC(=Cc1ccc(CCCO)cc1)B1OC(C)(C)C(C)(C)O1. The molecule has 1 aromatic carbocycles. The molecule has 1 aliphatic rings. The highest BCUT2D eigenvalue weighted by Crippen LogP contribution is 2.38. The predicted molar refractivity (Wildman–Crippen MR) is 105 cm³/mol. The van der Waals surface area contributed by atoms with E-state index in [1.54, 1.807) is 0 Å². The summed E-state index contributed by atoms with van der Waals surface area (Å²) in [4.78, 5) is 11.4. The van der Waals surface area contributed by atoms with Crippen LogP contribution in [0.4, 0.5) is 0 Å². The van der Waals surface area contributed by atoms with Gasteiger partial charge in [-0.25, -0.2) is 0 Å². The summed E-state index contributed by atoms with van der Waals surface area (Å²) in [6.07, 6.45) is 3.63. The highest BCUT2D eigenvalue weighted by molar-refractivity contribution is 6.56. The van der Waals surface area contributed by atoms with Gasteiger partial charge in [0, 0.05) is 20.1 Å². The van der Waals surface area contributed by atoms with Gasteiger partial charge >= 0.3 is 7.12 Å². The number of amides is 1. The van der Waals surface area contributed by atoms with Crippen molar-refractivity contribution in [1.82, 2.24) is 5.32 Å². The van der Waals surface area contributed by atoms with Crippen molar-refractivity contribution in [2.45, 2.75) is 58.7 Å². The van der Waals surface area contributed by atoms with Gasteiger partial charge in [0.1, 0.15) is 0 Å². The number of rotatable bonds is 7. The van der Waals surface area contributed by atoms with Gasteiger partial charge in [-0.3, -0.25) is 4.79 Å². The Kier molecular flexibility index (Phi) is 6.66. The summed E-state index contributed by atoms with van der Waals surface area (Å²) in [6.45, 7) is 10.1. The fourth-order valence-electron chi connectivity index (χ4n) is 2.70. The van der Waals surface area contributed by atoms with Crippen molar-refractivity contribution in [1.29, 1.82) is 0 Å². The summed E-state index contributed by atoms with van der Waals surface area (Å²) in [5.74, 6) is -0.0910. The minimum absolute atomic E-state index is 0.0910. The van der Waals surface area contributed by atoms with Gasteiger partial charge in [-0.2, -0.15) is 0 Å². The number of benzene rings is 1. The summed E-state index contributed by atoms with van der Waals surface area (Å²) in [5, 5.41) is 11.8. The van der Waals surface area contributed by atoms with E-state index in [0.29, 0.717) is 6.54 Å². The number of aryl methyl sites for hydroxylation is 1. The van der Waals surface area contributed by atoms with Crippen molar-refractivity contribution in [3.63, 3.8) is 0 Å². The van der Waals surface area contributed by atoms with Crippen LogP contribution in [0.2, 0.25) is 0 Å². The van der Waals surface area contributed by atoms with E-state index >= 15 is 0 Å². The van der Waals surface area contributed by atoms with Crippen molar-refractivity contribution in [3.05, 3.63) is 40.9 Å². The van der Waals surface area contributed by atoms with Gasteiger partial charge in [0.2, 0.25) is 5.91 Å². The number of carbonyl (C=O) groups excluding carboxylic acids is 1. The molecule has 1 saturated heterocycles. The first-order valence-electron chi connectivity index (χ1n) is 9.15. The third-order valence-corrected chi connectivity index (χ3v) is 5.05. The summed E-state index contributed by atoms with van der Waals surface area (Å²) in [6, 6.07) is 8.18. The van der Waals surface area contributed by atoms with Crippen LogP contribution in [0, 0.1) is 0 Å². The largest absolute Gasteiger partial charge is 0.492 e. The van der Waals surface area contributed by atoms with E-state index in [1.807, 2.05) is 45.9 Å². The van der Waals surface area contributed by atoms with Crippen LogP contribution in [-0.4, -0.2) is 42.5 Å². The van der Waals surface area contributed by atoms with Gasteiger partial charge in [0.05, 0.1) is 11.2 Å². The minimum atomic E-state index is -0.499. The van der Waals surface area contributed by atoms with Crippen molar-refractivity contribution >= 4 is 19.1 Å². The molecule has 6 heteroatoms. The predicted octanol–water partition coefficient (Wildman–Crippen LogP) is 2.76. The Balaban J connectivity index is 2.21. The van der Waals surface area contributed by atoms with Gasteiger partial charge in [-0.1, -0.05) is 30.3 Å². The van der Waals surface area contributed by atoms with E-state index in [9.17, 15) is 4.79 Å². The molecule has 0 aliphatic carbocycles. The molecule has 0 atom stereocenters. The zero-order valence-electron chi connectivity index (χ0n) is 16.5. The fourth-order valence-corrected chi connectivity index (χ4v) is 2.70. The summed E-state index contributed by atoms with van der Waals surface area (Å²) >= 11 is 0. The molecular formula is C20H30BNO4. The van der Waals surface area contributed by atoms with Crippen LogP contribution in [-0.2, 0) is 20.5 Å². The second kappa shape index (κ2) is 8.38. The molecule has 1 aliphatic heterocycles. The maximum atomic E-state index is 11.4. The molecule has 26 heavy (non-hydrogen) atoms. The van der Waals surface area contributed by atoms with Crippen molar-refractivity contribution in [2.75, 3.05) is 13.2 Å². The molecule has 1 aromatic rings. The van der Waals surface area contributed by atoms with Crippen LogP contribution in [0.5, 0.6) is 0 Å². The summed E-state index contributed by atoms with van der Waals surface area (Å²) in [7, 11) is -0.499. The topological polar surface area (TPSA) is 67.8 Å². The van der Waals surface area contributed by atoms with Crippen LogP contribution in [0.1, 0.15) is 52.2 Å². The molecule has 5 nitrogen and oxygen atoms in total. The quantitative estimate of drug-likeness (QED) is 0.735. The number of aliphatic hydroxyl groups excluding tert-OH is 1. The molecule has 0 aromatic heterocycles. The lowest BCUT2D eigenvalue weighted by Crippen LogP contribution is -2.41. The Bertz CT molecular complexity index is 636. The van der Waals surface area contributed by atoms with Crippen LogP contribution >= 0.6 is 0 Å². The molecule has 142 valence electrons. The normalized spacial score (nSPS) is 18.8. The van der Waals surface area contributed by atoms with Gasteiger partial charge < -0.3 is 19.7 Å². The minimum Gasteiger partial charge on any atom is -0.400 e. The maximum absolute atomic E-state index is 11.4. The highest BCUT2D eigenvalue weighted by Gasteiger charge is 2.52. The van der Waals surface area contributed by atoms with Crippen LogP contribution in [0.3, 0.4) is 0 Å². The molecule has 0 spiro atoms. The molecule has 0 radical (unpaired) electrons. The van der Waals surface area contributed by atoms with E-state index in [0.717, 1.165) is 23.9 Å². The first-order chi connectivity index (χ1) is 12.1. The van der Waals surface area contributed by atoms with Crippen LogP contribution in [0.25, 0.3) is 6.08 Å². The molecule has 2 N–H and O–H groups in total. The Labute approximate surface area is 156 Å². The molecule has 2 rings (SSSR count).